The average Bonchev–Trinajstić information content (AvgIpc) is 2.93. The third kappa shape index (κ3) is 5.46. The second kappa shape index (κ2) is 11.8. The van der Waals surface area contributed by atoms with Crippen LogP contribution < -0.4 is 20.9 Å². The van der Waals surface area contributed by atoms with Crippen LogP contribution in [0.25, 0.3) is 6.08 Å². The number of carbonyl (C=O) groups excluding carboxylic acids is 1. The van der Waals surface area contributed by atoms with Gasteiger partial charge in [-0.1, -0.05) is 51.0 Å². The van der Waals surface area contributed by atoms with Crippen molar-refractivity contribution in [2.75, 3.05) is 25.7 Å². The topological polar surface area (TPSA) is 129 Å². The van der Waals surface area contributed by atoms with Crippen LogP contribution in [0.3, 0.4) is 0 Å². The first-order valence-electron chi connectivity index (χ1n) is 12.7. The molecule has 0 radical (unpaired) electrons. The lowest BCUT2D eigenvalue weighted by Crippen LogP contribution is -2.36. The van der Waals surface area contributed by atoms with E-state index in [4.69, 9.17) is 20.9 Å². The Kier molecular flexibility index (Phi) is 8.25. The third-order valence-electron chi connectivity index (χ3n) is 6.90. The van der Waals surface area contributed by atoms with Crippen molar-refractivity contribution in [3.63, 3.8) is 0 Å². The van der Waals surface area contributed by atoms with Crippen LogP contribution in [0.4, 0.5) is 11.8 Å². The van der Waals surface area contributed by atoms with Crippen molar-refractivity contribution in [2.24, 2.45) is 11.0 Å². The van der Waals surface area contributed by atoms with Gasteiger partial charge in [-0.15, -0.1) is 0 Å². The van der Waals surface area contributed by atoms with Crippen LogP contribution in [0, 0.1) is 5.92 Å². The number of fused-ring (bicyclic) bond motifs is 1. The van der Waals surface area contributed by atoms with Crippen molar-refractivity contribution >= 4 is 30.0 Å². The average molecular weight is 515 g/mol. The molecule has 2 aromatic carbocycles. The summed E-state index contributed by atoms with van der Waals surface area (Å²) < 4.78 is 11.2. The molecule has 3 aromatic rings. The van der Waals surface area contributed by atoms with Gasteiger partial charge in [-0.25, -0.2) is 9.99 Å². The molecule has 1 amide bonds. The molecular weight excluding hydrogens is 480 g/mol. The Morgan fingerprint density at radius 3 is 2.58 bits per heavy atom. The number of ether oxygens (including phenoxy) is 2. The van der Waals surface area contributed by atoms with Gasteiger partial charge in [0.2, 0.25) is 5.95 Å². The summed E-state index contributed by atoms with van der Waals surface area (Å²) in [5, 5.41) is 6.16. The number of aromatic nitrogens is 2. The predicted molar refractivity (Wildman–Crippen MR) is 150 cm³/mol. The third-order valence-corrected chi connectivity index (χ3v) is 6.90. The summed E-state index contributed by atoms with van der Waals surface area (Å²) in [7, 11) is 3.14. The van der Waals surface area contributed by atoms with E-state index in [-0.39, 0.29) is 23.8 Å². The summed E-state index contributed by atoms with van der Waals surface area (Å²) in [6.45, 7) is 4.30. The summed E-state index contributed by atoms with van der Waals surface area (Å²) >= 11 is 0. The first kappa shape index (κ1) is 26.7. The quantitative estimate of drug-likeness (QED) is 0.399. The van der Waals surface area contributed by atoms with E-state index >= 15 is 0 Å². The molecule has 198 valence electrons. The lowest BCUT2D eigenvalue weighted by atomic mass is 9.85. The Bertz CT molecular complexity index is 1370. The highest BCUT2D eigenvalue weighted by molar-refractivity contribution is 5.95. The number of carbonyl (C=O) groups is 1. The molecule has 0 fully saturated rings. The summed E-state index contributed by atoms with van der Waals surface area (Å²) in [6, 6.07) is 11.8. The number of nitrogens with zero attached hydrogens (tertiary/aromatic N) is 4. The van der Waals surface area contributed by atoms with Gasteiger partial charge in [0.15, 0.2) is 11.5 Å². The summed E-state index contributed by atoms with van der Waals surface area (Å²) in [5.41, 5.74) is 16.1. The number of methoxy groups -OCH3 is 2. The summed E-state index contributed by atoms with van der Waals surface area (Å²) in [5.74, 6) is 1.55. The van der Waals surface area contributed by atoms with E-state index in [9.17, 15) is 4.79 Å². The van der Waals surface area contributed by atoms with Gasteiger partial charge in [0.1, 0.15) is 5.82 Å². The van der Waals surface area contributed by atoms with Crippen LogP contribution in [-0.2, 0) is 11.2 Å². The Morgan fingerprint density at radius 1 is 1.13 bits per heavy atom. The van der Waals surface area contributed by atoms with E-state index < -0.39 is 0 Å². The fourth-order valence-corrected chi connectivity index (χ4v) is 4.92. The minimum Gasteiger partial charge on any atom is -0.493 e. The highest BCUT2D eigenvalue weighted by atomic mass is 16.5. The zero-order valence-electron chi connectivity index (χ0n) is 22.2. The molecular formula is C29H34N6O3. The van der Waals surface area contributed by atoms with Crippen molar-refractivity contribution in [1.82, 2.24) is 15.0 Å². The van der Waals surface area contributed by atoms with E-state index in [1.807, 2.05) is 30.3 Å². The molecule has 1 aliphatic rings. The molecule has 2 heterocycles. The molecule has 1 aliphatic heterocycles. The molecule has 0 bridgehead atoms. The van der Waals surface area contributed by atoms with Crippen LogP contribution in [0.2, 0.25) is 0 Å². The molecule has 4 rings (SSSR count). The van der Waals surface area contributed by atoms with E-state index in [1.54, 1.807) is 37.7 Å². The zero-order valence-corrected chi connectivity index (χ0v) is 22.2. The van der Waals surface area contributed by atoms with Crippen LogP contribution >= 0.6 is 0 Å². The number of nitrogen functional groups attached to an aromatic ring is 2. The Balaban J connectivity index is 1.67. The van der Waals surface area contributed by atoms with Gasteiger partial charge in [0, 0.05) is 29.8 Å². The number of rotatable bonds is 9. The fourth-order valence-electron chi connectivity index (χ4n) is 4.92. The number of hydrazone groups is 1. The number of anilines is 2. The van der Waals surface area contributed by atoms with Crippen molar-refractivity contribution < 1.29 is 14.3 Å². The molecule has 1 atom stereocenters. The van der Waals surface area contributed by atoms with Crippen LogP contribution in [0.5, 0.6) is 11.5 Å². The number of hydrogen-bond donors (Lipinski definition) is 2. The van der Waals surface area contributed by atoms with E-state index in [1.165, 1.54) is 6.08 Å². The highest BCUT2D eigenvalue weighted by Gasteiger charge is 2.33. The summed E-state index contributed by atoms with van der Waals surface area (Å²) in [4.78, 5) is 21.6. The maximum Gasteiger partial charge on any atom is 0.267 e. The second-order valence-corrected chi connectivity index (χ2v) is 9.15. The minimum atomic E-state index is -0.213. The Hall–Kier alpha value is -4.40. The van der Waals surface area contributed by atoms with Crippen LogP contribution in [0.1, 0.15) is 60.5 Å². The van der Waals surface area contributed by atoms with Crippen molar-refractivity contribution in [3.8, 4) is 11.5 Å². The lowest BCUT2D eigenvalue weighted by Gasteiger charge is -2.36. The van der Waals surface area contributed by atoms with E-state index in [2.05, 4.69) is 35.0 Å². The predicted octanol–water partition coefficient (Wildman–Crippen LogP) is 4.62. The van der Waals surface area contributed by atoms with Crippen LogP contribution in [0.15, 0.2) is 53.8 Å². The Labute approximate surface area is 223 Å². The van der Waals surface area contributed by atoms with Crippen molar-refractivity contribution in [2.45, 2.75) is 39.2 Å². The largest absolute Gasteiger partial charge is 0.493 e. The molecule has 0 saturated carbocycles. The monoisotopic (exact) mass is 514 g/mol. The van der Waals surface area contributed by atoms with Gasteiger partial charge >= 0.3 is 0 Å². The number of amides is 1. The summed E-state index contributed by atoms with van der Waals surface area (Å²) in [6.07, 6.45) is 8.94. The standard InChI is InChI=1S/C29H34N6O3/c1-5-19(6-2)26-23-10-8-7-9-21(23)17-33-35(26)25(36)12-11-20-13-18(15-24(37-3)27(20)38-4)14-22-16-32-29(31)34-28(22)30/h7-13,15-17,19,26H,5-6,14H2,1-4H3,(H4,30,31,32,34)/b12-11+. The van der Waals surface area contributed by atoms with Gasteiger partial charge in [-0.2, -0.15) is 10.1 Å². The molecule has 9 heteroatoms. The van der Waals surface area contributed by atoms with Crippen molar-refractivity contribution in [1.29, 1.82) is 0 Å². The number of benzene rings is 2. The molecule has 1 aromatic heterocycles. The van der Waals surface area contributed by atoms with Gasteiger partial charge in [0.25, 0.3) is 5.91 Å². The second-order valence-electron chi connectivity index (χ2n) is 9.15. The number of hydrogen-bond acceptors (Lipinski definition) is 8. The first-order chi connectivity index (χ1) is 18.4. The molecule has 9 nitrogen and oxygen atoms in total. The molecule has 1 unspecified atom stereocenters. The molecule has 0 saturated heterocycles. The van der Waals surface area contributed by atoms with Crippen LogP contribution in [-0.4, -0.2) is 41.3 Å². The van der Waals surface area contributed by atoms with Gasteiger partial charge in [0.05, 0.1) is 26.5 Å². The fraction of sp³-hybridized carbons (Fsp3) is 0.310. The molecule has 0 aliphatic carbocycles. The van der Waals surface area contributed by atoms with Gasteiger partial charge in [-0.3, -0.25) is 4.79 Å². The maximum absolute atomic E-state index is 13.5. The van der Waals surface area contributed by atoms with E-state index in [0.717, 1.165) is 35.1 Å². The minimum absolute atomic E-state index is 0.121. The zero-order chi connectivity index (χ0) is 27.2. The molecule has 0 spiro atoms. The SMILES string of the molecule is CCC(CC)C1c2ccccc2C=NN1C(=O)/C=C/c1cc(Cc2cnc(N)nc2N)cc(OC)c1OC. The molecule has 38 heavy (non-hydrogen) atoms. The Morgan fingerprint density at radius 2 is 1.89 bits per heavy atom. The normalized spacial score (nSPS) is 14.7. The smallest absolute Gasteiger partial charge is 0.267 e. The van der Waals surface area contributed by atoms with E-state index in [0.29, 0.717) is 29.3 Å². The number of nitrogens with two attached hydrogens (primary N) is 2. The van der Waals surface area contributed by atoms with Crippen molar-refractivity contribution in [3.05, 3.63) is 76.5 Å². The maximum atomic E-state index is 13.5. The lowest BCUT2D eigenvalue weighted by molar-refractivity contribution is -0.129. The first-order valence-corrected chi connectivity index (χ1v) is 12.7. The van der Waals surface area contributed by atoms with Gasteiger partial charge < -0.3 is 20.9 Å². The van der Waals surface area contributed by atoms with Gasteiger partial charge in [-0.05, 0) is 40.8 Å². The highest BCUT2D eigenvalue weighted by Crippen LogP contribution is 2.38. The molecule has 4 N–H and O–H groups in total.